The van der Waals surface area contributed by atoms with Crippen molar-refractivity contribution < 1.29 is 22.1 Å². The lowest BCUT2D eigenvalue weighted by Gasteiger charge is -2.42. The predicted molar refractivity (Wildman–Crippen MR) is 102 cm³/mol. The standard InChI is InChI=1S/C21H30O5S/c1-15-4-6-19(7-5-15)27(22,23)26-12-16-8-17-10-21(11-18(17)9-16)24-13-20(2,3)14-25-21/h4-7,16-18H,8-14H2,1-3H3. The highest BCUT2D eigenvalue weighted by Crippen LogP contribution is 2.54. The Morgan fingerprint density at radius 1 is 1.04 bits per heavy atom. The molecule has 1 aromatic carbocycles. The molecule has 2 atom stereocenters. The Kier molecular flexibility index (Phi) is 4.90. The van der Waals surface area contributed by atoms with Gasteiger partial charge in [0.25, 0.3) is 10.1 Å². The molecule has 5 nitrogen and oxygen atoms in total. The molecule has 3 aliphatic rings. The maximum Gasteiger partial charge on any atom is 0.296 e. The minimum absolute atomic E-state index is 0.0870. The molecule has 1 aliphatic heterocycles. The van der Waals surface area contributed by atoms with Crippen molar-refractivity contribution in [3.8, 4) is 0 Å². The quantitative estimate of drug-likeness (QED) is 0.725. The van der Waals surface area contributed by atoms with Gasteiger partial charge in [-0.2, -0.15) is 8.42 Å². The van der Waals surface area contributed by atoms with Gasteiger partial charge in [-0.05, 0) is 49.7 Å². The Morgan fingerprint density at radius 2 is 1.59 bits per heavy atom. The highest BCUT2D eigenvalue weighted by Gasteiger charge is 2.53. The van der Waals surface area contributed by atoms with Crippen LogP contribution in [0.4, 0.5) is 0 Å². The SMILES string of the molecule is Cc1ccc(S(=O)(=O)OCC2CC3CC4(CC3C2)OCC(C)(C)CO4)cc1. The zero-order valence-electron chi connectivity index (χ0n) is 16.4. The van der Waals surface area contributed by atoms with Gasteiger partial charge in [-0.15, -0.1) is 0 Å². The molecule has 6 heteroatoms. The number of benzene rings is 1. The molecule has 2 saturated carbocycles. The van der Waals surface area contributed by atoms with Crippen molar-refractivity contribution >= 4 is 10.1 Å². The van der Waals surface area contributed by atoms with Gasteiger partial charge in [0, 0.05) is 18.3 Å². The molecular formula is C21H30O5S. The zero-order valence-corrected chi connectivity index (χ0v) is 17.3. The Labute approximate surface area is 162 Å². The molecule has 1 heterocycles. The molecule has 27 heavy (non-hydrogen) atoms. The largest absolute Gasteiger partial charge is 0.349 e. The summed E-state index contributed by atoms with van der Waals surface area (Å²) in [5.41, 5.74) is 1.12. The molecule has 0 amide bonds. The van der Waals surface area contributed by atoms with E-state index in [0.717, 1.165) is 44.5 Å². The van der Waals surface area contributed by atoms with Gasteiger partial charge in [-0.1, -0.05) is 31.5 Å². The Bertz CT molecular complexity index is 757. The van der Waals surface area contributed by atoms with Crippen LogP contribution in [0.1, 0.15) is 45.1 Å². The number of fused-ring (bicyclic) bond motifs is 1. The maximum absolute atomic E-state index is 12.4. The molecule has 0 aromatic heterocycles. The zero-order chi connectivity index (χ0) is 19.3. The van der Waals surface area contributed by atoms with Crippen LogP contribution in [0.25, 0.3) is 0 Å². The van der Waals surface area contributed by atoms with Crippen LogP contribution in [0.15, 0.2) is 29.2 Å². The van der Waals surface area contributed by atoms with Crippen LogP contribution in [0, 0.1) is 30.1 Å². The molecule has 2 unspecified atom stereocenters. The van der Waals surface area contributed by atoms with Crippen molar-refractivity contribution in [1.29, 1.82) is 0 Å². The fraction of sp³-hybridized carbons (Fsp3) is 0.714. The molecular weight excluding hydrogens is 364 g/mol. The predicted octanol–water partition coefficient (Wildman–Crippen LogP) is 3.91. The van der Waals surface area contributed by atoms with Crippen molar-refractivity contribution in [2.24, 2.45) is 23.2 Å². The molecule has 1 saturated heterocycles. The molecule has 0 N–H and O–H groups in total. The molecule has 1 spiro atoms. The van der Waals surface area contributed by atoms with E-state index in [4.69, 9.17) is 13.7 Å². The number of aryl methyl sites for hydroxylation is 1. The Balaban J connectivity index is 1.30. The van der Waals surface area contributed by atoms with Crippen LogP contribution >= 0.6 is 0 Å². The first-order valence-corrected chi connectivity index (χ1v) is 11.3. The second kappa shape index (κ2) is 6.83. The van der Waals surface area contributed by atoms with Gasteiger partial charge < -0.3 is 9.47 Å². The summed E-state index contributed by atoms with van der Waals surface area (Å²) >= 11 is 0. The van der Waals surface area contributed by atoms with Crippen LogP contribution in [0.3, 0.4) is 0 Å². The molecule has 0 radical (unpaired) electrons. The molecule has 2 aliphatic carbocycles. The minimum atomic E-state index is -3.68. The summed E-state index contributed by atoms with van der Waals surface area (Å²) in [6.45, 7) is 8.02. The summed E-state index contributed by atoms with van der Waals surface area (Å²) in [6.07, 6.45) is 3.84. The summed E-state index contributed by atoms with van der Waals surface area (Å²) in [5, 5.41) is 0. The lowest BCUT2D eigenvalue weighted by Crippen LogP contribution is -2.46. The lowest BCUT2D eigenvalue weighted by molar-refractivity contribution is -0.297. The third-order valence-corrected chi connectivity index (χ3v) is 7.60. The van der Waals surface area contributed by atoms with Crippen LogP contribution in [-0.2, 0) is 23.8 Å². The average molecular weight is 395 g/mol. The Morgan fingerprint density at radius 3 is 2.15 bits per heavy atom. The molecule has 150 valence electrons. The summed E-state index contributed by atoms with van der Waals surface area (Å²) < 4.78 is 42.4. The number of rotatable bonds is 4. The van der Waals surface area contributed by atoms with E-state index in [1.54, 1.807) is 24.3 Å². The van der Waals surface area contributed by atoms with Gasteiger partial charge in [-0.3, -0.25) is 4.18 Å². The van der Waals surface area contributed by atoms with Gasteiger partial charge in [0.15, 0.2) is 5.79 Å². The van der Waals surface area contributed by atoms with Crippen LogP contribution in [-0.4, -0.2) is 34.0 Å². The topological polar surface area (TPSA) is 61.8 Å². The second-order valence-corrected chi connectivity index (χ2v) is 11.1. The van der Waals surface area contributed by atoms with Gasteiger partial charge in [0.2, 0.25) is 0 Å². The summed E-state index contributed by atoms with van der Waals surface area (Å²) in [7, 11) is -3.68. The van der Waals surface area contributed by atoms with E-state index in [2.05, 4.69) is 13.8 Å². The van der Waals surface area contributed by atoms with Gasteiger partial charge in [0.05, 0.1) is 24.7 Å². The summed E-state index contributed by atoms with van der Waals surface area (Å²) in [6, 6.07) is 6.80. The highest BCUT2D eigenvalue weighted by atomic mass is 32.2. The number of hydrogen-bond acceptors (Lipinski definition) is 5. The van der Waals surface area contributed by atoms with E-state index in [9.17, 15) is 8.42 Å². The first-order valence-electron chi connectivity index (χ1n) is 9.91. The van der Waals surface area contributed by atoms with E-state index in [1.165, 1.54) is 0 Å². The smallest absolute Gasteiger partial charge is 0.296 e. The molecule has 3 fully saturated rings. The van der Waals surface area contributed by atoms with Crippen LogP contribution < -0.4 is 0 Å². The number of ether oxygens (including phenoxy) is 2. The lowest BCUT2D eigenvalue weighted by atomic mass is 9.93. The first kappa shape index (κ1) is 19.4. The normalized spacial score (nSPS) is 31.9. The van der Waals surface area contributed by atoms with Crippen LogP contribution in [0.2, 0.25) is 0 Å². The van der Waals surface area contributed by atoms with Crippen molar-refractivity contribution in [1.82, 2.24) is 0 Å². The van der Waals surface area contributed by atoms with Crippen molar-refractivity contribution in [2.75, 3.05) is 19.8 Å². The van der Waals surface area contributed by atoms with Crippen molar-refractivity contribution in [3.05, 3.63) is 29.8 Å². The molecule has 1 aromatic rings. The summed E-state index contributed by atoms with van der Waals surface area (Å²) in [5.74, 6) is 0.978. The highest BCUT2D eigenvalue weighted by molar-refractivity contribution is 7.86. The first-order chi connectivity index (χ1) is 12.7. The van der Waals surface area contributed by atoms with Gasteiger partial charge in [0.1, 0.15) is 0 Å². The van der Waals surface area contributed by atoms with Crippen LogP contribution in [0.5, 0.6) is 0 Å². The summed E-state index contributed by atoms with van der Waals surface area (Å²) in [4.78, 5) is 0.233. The van der Waals surface area contributed by atoms with E-state index < -0.39 is 15.9 Å². The van der Waals surface area contributed by atoms with Crippen molar-refractivity contribution in [3.63, 3.8) is 0 Å². The van der Waals surface area contributed by atoms with E-state index >= 15 is 0 Å². The fourth-order valence-corrected chi connectivity index (χ4v) is 5.76. The van der Waals surface area contributed by atoms with Crippen molar-refractivity contribution in [2.45, 2.75) is 57.1 Å². The number of hydrogen-bond donors (Lipinski definition) is 0. The molecule has 0 bridgehead atoms. The Hall–Kier alpha value is -0.950. The van der Waals surface area contributed by atoms with E-state index in [1.807, 2.05) is 6.92 Å². The third-order valence-electron chi connectivity index (χ3n) is 6.31. The third kappa shape index (κ3) is 4.09. The minimum Gasteiger partial charge on any atom is -0.349 e. The average Bonchev–Trinajstić information content (AvgIpc) is 3.12. The van der Waals surface area contributed by atoms with Gasteiger partial charge >= 0.3 is 0 Å². The van der Waals surface area contributed by atoms with E-state index in [-0.39, 0.29) is 22.8 Å². The maximum atomic E-state index is 12.4. The monoisotopic (exact) mass is 394 g/mol. The van der Waals surface area contributed by atoms with E-state index in [0.29, 0.717) is 11.8 Å². The second-order valence-electron chi connectivity index (χ2n) is 9.47. The molecule has 4 rings (SSSR count). The fourth-order valence-electron chi connectivity index (χ4n) is 4.79. The van der Waals surface area contributed by atoms with Gasteiger partial charge in [-0.25, -0.2) is 0 Å².